The molecule has 8 heteroatoms. The minimum absolute atomic E-state index is 0.169. The van der Waals surface area contributed by atoms with E-state index in [-0.39, 0.29) is 24.0 Å². The topological polar surface area (TPSA) is 102 Å². The summed E-state index contributed by atoms with van der Waals surface area (Å²) in [6.45, 7) is 3.49. The zero-order valence-electron chi connectivity index (χ0n) is 10.8. The first kappa shape index (κ1) is 15.2. The summed E-state index contributed by atoms with van der Waals surface area (Å²) in [4.78, 5) is 37.2. The Hall–Kier alpha value is -1.83. The fourth-order valence-corrected chi connectivity index (χ4v) is 2.05. The Kier molecular flexibility index (Phi) is 5.56. The van der Waals surface area contributed by atoms with Crippen LogP contribution in [0.3, 0.4) is 0 Å². The van der Waals surface area contributed by atoms with Gasteiger partial charge in [-0.2, -0.15) is 0 Å². The van der Waals surface area contributed by atoms with Crippen molar-refractivity contribution in [1.29, 1.82) is 0 Å². The van der Waals surface area contributed by atoms with Crippen molar-refractivity contribution in [2.75, 3.05) is 6.54 Å². The number of rotatable bonds is 6. The summed E-state index contributed by atoms with van der Waals surface area (Å²) in [7, 11) is 0. The molecule has 0 fully saturated rings. The third kappa shape index (κ3) is 4.74. The lowest BCUT2D eigenvalue weighted by Crippen LogP contribution is -2.47. The number of thiazole rings is 1. The van der Waals surface area contributed by atoms with E-state index in [9.17, 15) is 14.4 Å². The van der Waals surface area contributed by atoms with Gasteiger partial charge in [-0.05, 0) is 13.3 Å². The molecule has 1 unspecified atom stereocenters. The van der Waals surface area contributed by atoms with Gasteiger partial charge in [0.2, 0.25) is 0 Å². The van der Waals surface area contributed by atoms with Gasteiger partial charge in [-0.1, -0.05) is 18.3 Å². The minimum atomic E-state index is -1.06. The third-order valence-corrected chi connectivity index (χ3v) is 3.41. The molecule has 106 valence electrons. The quantitative estimate of drug-likeness (QED) is 0.721. The van der Waals surface area contributed by atoms with Gasteiger partial charge in [0, 0.05) is 17.1 Å². The highest BCUT2D eigenvalue weighted by Gasteiger charge is 2.21. The number of hydrogen-bond acceptors (Lipinski definition) is 4. The van der Waals surface area contributed by atoms with Gasteiger partial charge in [0.05, 0.1) is 6.54 Å². The van der Waals surface area contributed by atoms with E-state index >= 15 is 0 Å². The molecule has 0 aliphatic carbocycles. The first-order chi connectivity index (χ1) is 8.93. The highest BCUT2D eigenvalue weighted by molar-refractivity contribution is 7.07. The second kappa shape index (κ2) is 6.93. The van der Waals surface area contributed by atoms with Crippen LogP contribution < -0.4 is 10.2 Å². The zero-order chi connectivity index (χ0) is 14.4. The summed E-state index contributed by atoms with van der Waals surface area (Å²) in [6, 6.07) is -0.624. The van der Waals surface area contributed by atoms with Crippen LogP contribution in [-0.4, -0.2) is 39.6 Å². The molecule has 1 aromatic heterocycles. The number of nitrogens with zero attached hydrogens (tertiary/aromatic N) is 1. The first-order valence-corrected chi connectivity index (χ1v) is 6.75. The van der Waals surface area contributed by atoms with E-state index in [0.29, 0.717) is 12.1 Å². The molecule has 0 saturated carbocycles. The molecule has 1 rings (SSSR count). The second-order valence-electron chi connectivity index (χ2n) is 4.11. The number of carboxylic acid groups (broad SMARTS) is 1. The average Bonchev–Trinajstić information content (AvgIpc) is 2.77. The molecule has 0 bridgehead atoms. The van der Waals surface area contributed by atoms with Crippen molar-refractivity contribution < 1.29 is 14.7 Å². The van der Waals surface area contributed by atoms with Crippen molar-refractivity contribution in [3.05, 3.63) is 20.7 Å². The Morgan fingerprint density at radius 2 is 2.26 bits per heavy atom. The lowest BCUT2D eigenvalue weighted by molar-refractivity contribution is -0.138. The van der Waals surface area contributed by atoms with Crippen molar-refractivity contribution in [2.24, 2.45) is 0 Å². The van der Waals surface area contributed by atoms with Gasteiger partial charge >= 0.3 is 16.9 Å². The summed E-state index contributed by atoms with van der Waals surface area (Å²) < 4.78 is 0. The third-order valence-electron chi connectivity index (χ3n) is 2.69. The molecule has 0 aromatic carbocycles. The normalized spacial score (nSPS) is 11.9. The van der Waals surface area contributed by atoms with Crippen LogP contribution in [0.2, 0.25) is 0 Å². The van der Waals surface area contributed by atoms with Gasteiger partial charge in [-0.3, -0.25) is 9.59 Å². The van der Waals surface area contributed by atoms with E-state index in [1.54, 1.807) is 12.3 Å². The van der Waals surface area contributed by atoms with Gasteiger partial charge in [0.25, 0.3) is 0 Å². The number of aromatic amines is 1. The molecule has 2 amide bonds. The van der Waals surface area contributed by atoms with Crippen molar-refractivity contribution in [1.82, 2.24) is 15.2 Å². The lowest BCUT2D eigenvalue weighted by Gasteiger charge is -2.26. The van der Waals surface area contributed by atoms with Crippen LogP contribution >= 0.6 is 11.3 Å². The fourth-order valence-electron chi connectivity index (χ4n) is 1.47. The number of carbonyl (C=O) groups is 2. The maximum Gasteiger partial charge on any atom is 0.323 e. The van der Waals surface area contributed by atoms with Crippen molar-refractivity contribution in [3.8, 4) is 0 Å². The smallest absolute Gasteiger partial charge is 0.323 e. The number of carbonyl (C=O) groups excluding carboxylic acids is 1. The van der Waals surface area contributed by atoms with Crippen LogP contribution in [0.15, 0.2) is 10.2 Å². The molecular formula is C11H17N3O4S. The molecule has 1 atom stereocenters. The number of carboxylic acids is 1. The van der Waals surface area contributed by atoms with Gasteiger partial charge < -0.3 is 20.3 Å². The average molecular weight is 287 g/mol. The molecule has 0 aliphatic rings. The Balaban J connectivity index is 2.61. The maximum atomic E-state index is 11.9. The van der Waals surface area contributed by atoms with Gasteiger partial charge in [-0.25, -0.2) is 4.79 Å². The molecule has 19 heavy (non-hydrogen) atoms. The molecular weight excluding hydrogens is 270 g/mol. The summed E-state index contributed by atoms with van der Waals surface area (Å²) in [5.74, 6) is -1.06. The van der Waals surface area contributed by atoms with Crippen molar-refractivity contribution in [3.63, 3.8) is 0 Å². The van der Waals surface area contributed by atoms with Gasteiger partial charge in [0.1, 0.15) is 6.54 Å². The number of amides is 2. The molecule has 0 aliphatic heterocycles. The number of H-pyrrole nitrogens is 1. The summed E-state index contributed by atoms with van der Waals surface area (Å²) >= 11 is 1.02. The monoisotopic (exact) mass is 287 g/mol. The second-order valence-corrected chi connectivity index (χ2v) is 4.95. The van der Waals surface area contributed by atoms with Gasteiger partial charge in [0.15, 0.2) is 0 Å². The van der Waals surface area contributed by atoms with Crippen LogP contribution in [0.1, 0.15) is 26.0 Å². The van der Waals surface area contributed by atoms with E-state index in [0.717, 1.165) is 11.3 Å². The predicted octanol–water partition coefficient (Wildman–Crippen LogP) is 0.831. The highest BCUT2D eigenvalue weighted by Crippen LogP contribution is 2.04. The molecule has 1 aromatic rings. The predicted molar refractivity (Wildman–Crippen MR) is 71.3 cm³/mol. The fraction of sp³-hybridized carbons (Fsp3) is 0.545. The summed E-state index contributed by atoms with van der Waals surface area (Å²) in [6.07, 6.45) is 0.663. The number of aliphatic carboxylic acids is 1. The largest absolute Gasteiger partial charge is 0.480 e. The van der Waals surface area contributed by atoms with Crippen LogP contribution in [0.4, 0.5) is 4.79 Å². The van der Waals surface area contributed by atoms with E-state index in [1.165, 1.54) is 4.90 Å². The Morgan fingerprint density at radius 1 is 1.58 bits per heavy atom. The van der Waals surface area contributed by atoms with E-state index in [2.05, 4.69) is 10.3 Å². The Labute approximate surface area is 114 Å². The zero-order valence-corrected chi connectivity index (χ0v) is 11.6. The highest BCUT2D eigenvalue weighted by atomic mass is 32.1. The SMILES string of the molecule is CCC(C)N(CC(=O)O)C(=O)NCc1csc(=O)[nH]1. The number of aromatic nitrogens is 1. The number of hydrogen-bond donors (Lipinski definition) is 3. The molecule has 1 heterocycles. The standard InChI is InChI=1S/C11H17N3O4S/c1-3-7(2)14(5-9(15)16)10(17)12-4-8-6-19-11(18)13-8/h6-7H,3-5H2,1-2H3,(H,12,17)(H,13,18)(H,15,16). The van der Waals surface area contributed by atoms with E-state index in [4.69, 9.17) is 5.11 Å². The van der Waals surface area contributed by atoms with Crippen LogP contribution in [0.25, 0.3) is 0 Å². The molecule has 0 radical (unpaired) electrons. The van der Waals surface area contributed by atoms with Crippen LogP contribution in [0.5, 0.6) is 0 Å². The number of urea groups is 1. The van der Waals surface area contributed by atoms with Crippen molar-refractivity contribution >= 4 is 23.3 Å². The molecule has 0 spiro atoms. The maximum absolute atomic E-state index is 11.9. The number of nitrogens with one attached hydrogen (secondary N) is 2. The minimum Gasteiger partial charge on any atom is -0.480 e. The molecule has 7 nitrogen and oxygen atoms in total. The van der Waals surface area contributed by atoms with Crippen LogP contribution in [-0.2, 0) is 11.3 Å². The van der Waals surface area contributed by atoms with E-state index in [1.807, 2.05) is 6.92 Å². The van der Waals surface area contributed by atoms with Gasteiger partial charge in [-0.15, -0.1) is 0 Å². The molecule has 0 saturated heterocycles. The lowest BCUT2D eigenvalue weighted by atomic mass is 10.2. The Morgan fingerprint density at radius 3 is 2.74 bits per heavy atom. The van der Waals surface area contributed by atoms with Crippen LogP contribution in [0, 0.1) is 0 Å². The van der Waals surface area contributed by atoms with E-state index < -0.39 is 12.0 Å². The summed E-state index contributed by atoms with van der Waals surface area (Å²) in [5.41, 5.74) is 0.600. The van der Waals surface area contributed by atoms with Crippen molar-refractivity contribution in [2.45, 2.75) is 32.9 Å². The molecule has 3 N–H and O–H groups in total. The first-order valence-electron chi connectivity index (χ1n) is 5.87. The Bertz CT molecular complexity index is 496. The summed E-state index contributed by atoms with van der Waals surface area (Å²) in [5, 5.41) is 13.0.